The van der Waals surface area contributed by atoms with Gasteiger partial charge in [0.05, 0.1) is 11.4 Å². The van der Waals surface area contributed by atoms with Gasteiger partial charge in [-0.2, -0.15) is 5.10 Å². The van der Waals surface area contributed by atoms with Crippen molar-refractivity contribution < 1.29 is 4.79 Å². The topological polar surface area (TPSA) is 96.0 Å². The lowest BCUT2D eigenvalue weighted by molar-refractivity contribution is 0.0995. The van der Waals surface area contributed by atoms with Crippen molar-refractivity contribution in [1.82, 2.24) is 14.6 Å². The molecule has 2 aromatic carbocycles. The van der Waals surface area contributed by atoms with E-state index in [1.807, 2.05) is 66.7 Å². The fraction of sp³-hybridized carbons (Fsp3) is 0. The SMILES string of the molecule is [N-]=[N+]=NC(=O)c1cc2nc(-c3ccccc3)cc(-c3ccccc3)n2n1. The van der Waals surface area contributed by atoms with E-state index < -0.39 is 5.91 Å². The van der Waals surface area contributed by atoms with E-state index in [0.717, 1.165) is 22.5 Å². The van der Waals surface area contributed by atoms with Gasteiger partial charge in [-0.05, 0) is 16.7 Å². The van der Waals surface area contributed by atoms with Gasteiger partial charge in [0, 0.05) is 22.1 Å². The van der Waals surface area contributed by atoms with Gasteiger partial charge < -0.3 is 0 Å². The summed E-state index contributed by atoms with van der Waals surface area (Å²) in [5, 5.41) is 7.39. The zero-order chi connectivity index (χ0) is 17.9. The lowest BCUT2D eigenvalue weighted by Crippen LogP contribution is -2.00. The third-order valence-corrected chi connectivity index (χ3v) is 3.92. The van der Waals surface area contributed by atoms with Gasteiger partial charge in [0.15, 0.2) is 5.65 Å². The Bertz CT molecular complexity index is 1140. The second kappa shape index (κ2) is 6.51. The van der Waals surface area contributed by atoms with Crippen LogP contribution in [0, 0.1) is 0 Å². The van der Waals surface area contributed by atoms with Gasteiger partial charge in [-0.15, -0.1) is 0 Å². The van der Waals surface area contributed by atoms with Crippen LogP contribution < -0.4 is 0 Å². The number of benzene rings is 2. The highest BCUT2D eigenvalue weighted by Gasteiger charge is 2.15. The first kappa shape index (κ1) is 15.6. The predicted molar refractivity (Wildman–Crippen MR) is 97.3 cm³/mol. The summed E-state index contributed by atoms with van der Waals surface area (Å²) < 4.78 is 1.59. The summed E-state index contributed by atoms with van der Waals surface area (Å²) in [6.07, 6.45) is 0. The third kappa shape index (κ3) is 2.79. The molecule has 0 bridgehead atoms. The molecule has 4 aromatic rings. The van der Waals surface area contributed by atoms with E-state index in [2.05, 4.69) is 20.1 Å². The molecule has 7 nitrogen and oxygen atoms in total. The maximum atomic E-state index is 11.9. The summed E-state index contributed by atoms with van der Waals surface area (Å²) in [4.78, 5) is 19.0. The van der Waals surface area contributed by atoms with Gasteiger partial charge in [-0.25, -0.2) is 9.50 Å². The van der Waals surface area contributed by atoms with Crippen LogP contribution in [-0.2, 0) is 0 Å². The van der Waals surface area contributed by atoms with Crippen LogP contribution in [0.5, 0.6) is 0 Å². The molecule has 2 aromatic heterocycles. The zero-order valence-corrected chi connectivity index (χ0v) is 13.5. The number of fused-ring (bicyclic) bond motifs is 1. The molecular weight excluding hydrogens is 328 g/mol. The Morgan fingerprint density at radius 1 is 0.962 bits per heavy atom. The molecule has 0 atom stereocenters. The highest BCUT2D eigenvalue weighted by Crippen LogP contribution is 2.26. The molecule has 2 heterocycles. The quantitative estimate of drug-likeness (QED) is 0.312. The summed E-state index contributed by atoms with van der Waals surface area (Å²) in [6, 6.07) is 22.9. The van der Waals surface area contributed by atoms with Crippen molar-refractivity contribution in [1.29, 1.82) is 0 Å². The van der Waals surface area contributed by atoms with E-state index in [9.17, 15) is 4.79 Å². The Morgan fingerprint density at radius 3 is 2.27 bits per heavy atom. The van der Waals surface area contributed by atoms with Crippen LogP contribution in [0.2, 0.25) is 0 Å². The molecule has 0 fully saturated rings. The summed E-state index contributed by atoms with van der Waals surface area (Å²) >= 11 is 0. The molecule has 7 heteroatoms. The second-order valence-electron chi connectivity index (χ2n) is 5.55. The van der Waals surface area contributed by atoms with E-state index in [0.29, 0.717) is 5.65 Å². The van der Waals surface area contributed by atoms with E-state index in [1.54, 1.807) is 4.52 Å². The molecule has 1 amide bonds. The molecule has 4 rings (SSSR count). The maximum Gasteiger partial charge on any atom is 0.269 e. The molecule has 0 aliphatic heterocycles. The van der Waals surface area contributed by atoms with E-state index in [4.69, 9.17) is 5.53 Å². The Labute approximate surface area is 148 Å². The monoisotopic (exact) mass is 340 g/mol. The van der Waals surface area contributed by atoms with Gasteiger partial charge in [0.25, 0.3) is 5.91 Å². The smallest absolute Gasteiger partial charge is 0.269 e. The molecule has 0 saturated heterocycles. The normalized spacial score (nSPS) is 10.5. The van der Waals surface area contributed by atoms with Crippen molar-refractivity contribution in [3.05, 3.63) is 88.9 Å². The minimum absolute atomic E-state index is 0.0534. The highest BCUT2D eigenvalue weighted by atomic mass is 16.1. The maximum absolute atomic E-state index is 11.9. The Balaban J connectivity index is 1.99. The molecular formula is C19H12N6O. The molecule has 0 radical (unpaired) electrons. The van der Waals surface area contributed by atoms with Crippen molar-refractivity contribution in [3.63, 3.8) is 0 Å². The number of azide groups is 1. The Kier molecular flexibility index (Phi) is 3.89. The highest BCUT2D eigenvalue weighted by molar-refractivity contribution is 5.94. The molecule has 26 heavy (non-hydrogen) atoms. The Morgan fingerprint density at radius 2 is 1.62 bits per heavy atom. The molecule has 124 valence electrons. The van der Waals surface area contributed by atoms with Crippen molar-refractivity contribution in [3.8, 4) is 22.5 Å². The molecule has 0 aliphatic rings. The fourth-order valence-corrected chi connectivity index (χ4v) is 2.74. The van der Waals surface area contributed by atoms with Crippen molar-refractivity contribution in [2.24, 2.45) is 5.11 Å². The fourth-order valence-electron chi connectivity index (χ4n) is 2.74. The first-order valence-corrected chi connectivity index (χ1v) is 7.87. The average Bonchev–Trinajstić information content (AvgIpc) is 3.13. The van der Waals surface area contributed by atoms with Crippen molar-refractivity contribution in [2.45, 2.75) is 0 Å². The third-order valence-electron chi connectivity index (χ3n) is 3.92. The summed E-state index contributed by atoms with van der Waals surface area (Å²) in [5.74, 6) is -0.738. The number of hydrogen-bond acceptors (Lipinski definition) is 3. The molecule has 0 spiro atoms. The molecule has 0 unspecified atom stereocenters. The molecule has 0 N–H and O–H groups in total. The van der Waals surface area contributed by atoms with E-state index in [-0.39, 0.29) is 5.69 Å². The second-order valence-corrected chi connectivity index (χ2v) is 5.55. The molecule has 0 aliphatic carbocycles. The Hall–Kier alpha value is -3.96. The van der Waals surface area contributed by atoms with Crippen LogP contribution in [0.25, 0.3) is 38.6 Å². The van der Waals surface area contributed by atoms with Crippen molar-refractivity contribution >= 4 is 11.6 Å². The minimum Gasteiger partial charge on any atom is -0.285 e. The lowest BCUT2D eigenvalue weighted by atomic mass is 10.1. The van der Waals surface area contributed by atoms with Gasteiger partial charge in [0.2, 0.25) is 0 Å². The van der Waals surface area contributed by atoms with Gasteiger partial charge >= 0.3 is 0 Å². The zero-order valence-electron chi connectivity index (χ0n) is 13.5. The van der Waals surface area contributed by atoms with Gasteiger partial charge in [-0.3, -0.25) is 4.79 Å². The number of rotatable bonds is 3. The number of hydrogen-bond donors (Lipinski definition) is 0. The average molecular weight is 340 g/mol. The van der Waals surface area contributed by atoms with Gasteiger partial charge in [-0.1, -0.05) is 60.7 Å². The standard InChI is InChI=1S/C19H12N6O/c20-24-22-19(26)16-12-18-21-15(13-7-3-1-4-8-13)11-17(25(18)23-16)14-9-5-2-6-10-14/h1-12H. The first-order chi connectivity index (χ1) is 12.8. The van der Waals surface area contributed by atoms with Crippen molar-refractivity contribution in [2.75, 3.05) is 0 Å². The van der Waals surface area contributed by atoms with E-state index >= 15 is 0 Å². The van der Waals surface area contributed by atoms with Crippen LogP contribution in [0.3, 0.4) is 0 Å². The molecule has 0 saturated carbocycles. The number of aromatic nitrogens is 3. The summed E-state index contributed by atoms with van der Waals surface area (Å²) in [6.45, 7) is 0. The number of carbonyl (C=O) groups excluding carboxylic acids is 1. The van der Waals surface area contributed by atoms with Gasteiger partial charge in [0.1, 0.15) is 5.69 Å². The lowest BCUT2D eigenvalue weighted by Gasteiger charge is -2.08. The van der Waals surface area contributed by atoms with Crippen LogP contribution in [0.1, 0.15) is 10.5 Å². The largest absolute Gasteiger partial charge is 0.285 e. The van der Waals surface area contributed by atoms with Crippen LogP contribution in [0.15, 0.2) is 77.9 Å². The number of nitrogens with zero attached hydrogens (tertiary/aromatic N) is 6. The summed E-state index contributed by atoms with van der Waals surface area (Å²) in [5.41, 5.74) is 12.5. The predicted octanol–water partition coefficient (Wildman–Crippen LogP) is 4.51. The number of amides is 1. The van der Waals surface area contributed by atoms with Crippen LogP contribution in [-0.4, -0.2) is 20.5 Å². The first-order valence-electron chi connectivity index (χ1n) is 7.87. The number of carbonyl (C=O) groups is 1. The summed E-state index contributed by atoms with van der Waals surface area (Å²) in [7, 11) is 0. The van der Waals surface area contributed by atoms with E-state index in [1.165, 1.54) is 6.07 Å². The minimum atomic E-state index is -0.738. The van der Waals surface area contributed by atoms with Crippen LogP contribution >= 0.6 is 0 Å². The van der Waals surface area contributed by atoms with Crippen LogP contribution in [0.4, 0.5) is 0 Å².